The maximum absolute atomic E-state index is 2.50. The minimum absolute atomic E-state index is 1.11. The van der Waals surface area contributed by atoms with Crippen molar-refractivity contribution in [3.05, 3.63) is 315 Å². The summed E-state index contributed by atoms with van der Waals surface area (Å²) in [6, 6.07) is 117. The number of hydrogen-bond donors (Lipinski definition) is 0. The molecule has 6 heterocycles. The second-order valence-electron chi connectivity index (χ2n) is 24.0. The molecule has 6 heteroatoms. The van der Waals surface area contributed by atoms with E-state index in [-0.39, 0.29) is 0 Å². The molecule has 14 aromatic carbocycles. The number of nitrogens with zero attached hydrogens (tertiary/aromatic N) is 6. The molecule has 0 saturated heterocycles. The first-order chi connectivity index (χ1) is 44.7. The SMILES string of the molecule is c1ccc(-n2c3ccccc3c3cc(-n4c5ccccc5c5cc(-c6ccc7c8ccccc8n(-c8ccccc8-n8c9ccccc9c9cc(-n%10c%11ccccc%11c%11ccccc%11%10)ccc98)c7c6)ccc54)ccc32)c(-n2c3ccccc3c3ccccc32)c1. The van der Waals surface area contributed by atoms with Crippen LogP contribution in [0.3, 0.4) is 0 Å². The van der Waals surface area contributed by atoms with E-state index in [9.17, 15) is 0 Å². The molecule has 0 amide bonds. The normalized spacial score (nSPS) is 12.2. The van der Waals surface area contributed by atoms with Gasteiger partial charge in [-0.05, 0) is 139 Å². The molecule has 20 aromatic rings. The van der Waals surface area contributed by atoms with Gasteiger partial charge in [-0.25, -0.2) is 0 Å². The number of hydrogen-bond acceptors (Lipinski definition) is 0. The Morgan fingerprint density at radius 3 is 0.711 bits per heavy atom. The fourth-order valence-corrected chi connectivity index (χ4v) is 15.6. The standard InChI is InChI=1S/C84H52N6/c1-9-29-69-57(21-1)58-22-2-10-30-70(58)85(69)55-43-47-79-67(51-55)63-27-8-16-36-76(63)89(79)82-39-19-20-40-83(82)90-74-34-14-5-25-61(74)65-45-41-54(50-84(65)90)53-42-46-77-66(49-53)62-26-6-11-31-71(62)86(77)56-44-48-78-68(52-56)64-28-7-15-35-75(64)88(78)81-38-18-17-37-80(81)87-72-32-12-3-23-59(72)60-24-4-13-33-73(60)87/h1-52H. The molecule has 0 saturated carbocycles. The molecular formula is C84H52N6. The van der Waals surface area contributed by atoms with Crippen LogP contribution in [-0.2, 0) is 0 Å². The highest BCUT2D eigenvalue weighted by molar-refractivity contribution is 6.17. The number of rotatable bonds is 7. The van der Waals surface area contributed by atoms with E-state index in [0.29, 0.717) is 0 Å². The first-order valence-electron chi connectivity index (χ1n) is 31.0. The quantitative estimate of drug-likeness (QED) is 0.152. The molecule has 0 radical (unpaired) electrons. The molecule has 6 aromatic heterocycles. The average molecular weight is 1150 g/mol. The fourth-order valence-electron chi connectivity index (χ4n) is 15.6. The molecule has 418 valence electrons. The van der Waals surface area contributed by atoms with Crippen molar-refractivity contribution < 1.29 is 0 Å². The summed E-state index contributed by atoms with van der Waals surface area (Å²) in [4.78, 5) is 0. The van der Waals surface area contributed by atoms with Gasteiger partial charge in [0.05, 0.1) is 88.9 Å². The van der Waals surface area contributed by atoms with Crippen LogP contribution >= 0.6 is 0 Å². The molecular weight excluding hydrogens is 1090 g/mol. The van der Waals surface area contributed by atoms with Crippen LogP contribution in [-0.4, -0.2) is 27.4 Å². The van der Waals surface area contributed by atoms with Crippen LogP contribution in [0.4, 0.5) is 0 Å². The molecule has 0 aliphatic rings. The highest BCUT2D eigenvalue weighted by Crippen LogP contribution is 2.44. The van der Waals surface area contributed by atoms with E-state index in [0.717, 1.165) is 72.8 Å². The summed E-state index contributed by atoms with van der Waals surface area (Å²) >= 11 is 0. The Bertz CT molecular complexity index is 6320. The van der Waals surface area contributed by atoms with Gasteiger partial charge in [0.15, 0.2) is 0 Å². The topological polar surface area (TPSA) is 29.6 Å². The van der Waals surface area contributed by atoms with Gasteiger partial charge in [-0.1, -0.05) is 188 Å². The lowest BCUT2D eigenvalue weighted by atomic mass is 10.0. The lowest BCUT2D eigenvalue weighted by Gasteiger charge is -2.17. The number of fused-ring (bicyclic) bond motifs is 18. The zero-order valence-corrected chi connectivity index (χ0v) is 48.7. The lowest BCUT2D eigenvalue weighted by Crippen LogP contribution is -2.03. The Morgan fingerprint density at radius 2 is 0.356 bits per heavy atom. The summed E-state index contributed by atoms with van der Waals surface area (Å²) in [5.41, 5.74) is 23.2. The summed E-state index contributed by atoms with van der Waals surface area (Å²) in [6.45, 7) is 0. The fraction of sp³-hybridized carbons (Fsp3) is 0. The van der Waals surface area contributed by atoms with Gasteiger partial charge in [0.1, 0.15) is 0 Å². The van der Waals surface area contributed by atoms with Gasteiger partial charge in [0.2, 0.25) is 0 Å². The molecule has 0 fully saturated rings. The zero-order chi connectivity index (χ0) is 58.7. The Hall–Kier alpha value is -12.1. The van der Waals surface area contributed by atoms with Crippen LogP contribution in [0.15, 0.2) is 315 Å². The molecule has 0 N–H and O–H groups in total. The van der Waals surface area contributed by atoms with Crippen LogP contribution < -0.4 is 0 Å². The third kappa shape index (κ3) is 6.81. The summed E-state index contributed by atoms with van der Waals surface area (Å²) in [7, 11) is 0. The number of para-hydroxylation sites is 12. The predicted octanol–water partition coefficient (Wildman–Crippen LogP) is 21.9. The van der Waals surface area contributed by atoms with E-state index >= 15 is 0 Å². The minimum Gasteiger partial charge on any atom is -0.309 e. The van der Waals surface area contributed by atoms with Gasteiger partial charge < -0.3 is 27.4 Å². The summed E-state index contributed by atoms with van der Waals surface area (Å²) < 4.78 is 14.8. The molecule has 0 aliphatic heterocycles. The lowest BCUT2D eigenvalue weighted by molar-refractivity contribution is 1.09. The van der Waals surface area contributed by atoms with Crippen molar-refractivity contribution >= 4 is 131 Å². The third-order valence-corrected chi connectivity index (χ3v) is 19.4. The summed E-state index contributed by atoms with van der Waals surface area (Å²) in [6.07, 6.45) is 0. The Morgan fingerprint density at radius 1 is 0.133 bits per heavy atom. The van der Waals surface area contributed by atoms with Crippen molar-refractivity contribution in [2.24, 2.45) is 0 Å². The Balaban J connectivity index is 0.730. The Kier molecular flexibility index (Phi) is 10.2. The largest absolute Gasteiger partial charge is 0.309 e. The first kappa shape index (κ1) is 49.0. The molecule has 90 heavy (non-hydrogen) atoms. The maximum Gasteiger partial charge on any atom is 0.0702 e. The van der Waals surface area contributed by atoms with Gasteiger partial charge in [0.25, 0.3) is 0 Å². The van der Waals surface area contributed by atoms with Crippen molar-refractivity contribution in [2.45, 2.75) is 0 Å². The van der Waals surface area contributed by atoms with Crippen LogP contribution in [0.25, 0.3) is 176 Å². The molecule has 20 rings (SSSR count). The van der Waals surface area contributed by atoms with Gasteiger partial charge >= 0.3 is 0 Å². The van der Waals surface area contributed by atoms with Gasteiger partial charge in [0, 0.05) is 76.0 Å². The van der Waals surface area contributed by atoms with Crippen molar-refractivity contribution in [1.82, 2.24) is 27.4 Å². The molecule has 6 nitrogen and oxygen atoms in total. The van der Waals surface area contributed by atoms with Gasteiger partial charge in [-0.3, -0.25) is 0 Å². The smallest absolute Gasteiger partial charge is 0.0702 e. The first-order valence-corrected chi connectivity index (χ1v) is 31.0. The second kappa shape index (κ2) is 18.7. The van der Waals surface area contributed by atoms with Crippen molar-refractivity contribution in [2.75, 3.05) is 0 Å². The molecule has 0 unspecified atom stereocenters. The van der Waals surface area contributed by atoms with E-state index < -0.39 is 0 Å². The van der Waals surface area contributed by atoms with Crippen molar-refractivity contribution in [1.29, 1.82) is 0 Å². The van der Waals surface area contributed by atoms with Gasteiger partial charge in [-0.15, -0.1) is 0 Å². The van der Waals surface area contributed by atoms with Crippen LogP contribution in [0.1, 0.15) is 0 Å². The maximum atomic E-state index is 2.50. The minimum atomic E-state index is 1.11. The third-order valence-electron chi connectivity index (χ3n) is 19.4. The molecule has 0 aliphatic carbocycles. The summed E-state index contributed by atoms with van der Waals surface area (Å²) in [5, 5.41) is 14.7. The van der Waals surface area contributed by atoms with Crippen LogP contribution in [0.5, 0.6) is 0 Å². The summed E-state index contributed by atoms with van der Waals surface area (Å²) in [5.74, 6) is 0. The van der Waals surface area contributed by atoms with E-state index in [2.05, 4.69) is 343 Å². The van der Waals surface area contributed by atoms with E-state index in [1.807, 2.05) is 0 Å². The van der Waals surface area contributed by atoms with E-state index in [4.69, 9.17) is 0 Å². The van der Waals surface area contributed by atoms with Gasteiger partial charge in [-0.2, -0.15) is 0 Å². The van der Waals surface area contributed by atoms with Crippen LogP contribution in [0.2, 0.25) is 0 Å². The van der Waals surface area contributed by atoms with E-state index in [1.54, 1.807) is 0 Å². The second-order valence-corrected chi connectivity index (χ2v) is 24.0. The molecule has 0 atom stereocenters. The zero-order valence-electron chi connectivity index (χ0n) is 48.7. The Labute approximate surface area is 516 Å². The highest BCUT2D eigenvalue weighted by Gasteiger charge is 2.24. The molecule has 0 spiro atoms. The highest BCUT2D eigenvalue weighted by atomic mass is 15.1. The average Bonchev–Trinajstić information content (AvgIpc) is 1.62. The van der Waals surface area contributed by atoms with Crippen molar-refractivity contribution in [3.63, 3.8) is 0 Å². The molecule has 0 bridgehead atoms. The predicted molar refractivity (Wildman–Crippen MR) is 378 cm³/mol. The van der Waals surface area contributed by atoms with Crippen LogP contribution in [0, 0.1) is 0 Å². The monoisotopic (exact) mass is 1140 g/mol. The number of aromatic nitrogens is 6. The number of benzene rings is 14. The van der Waals surface area contributed by atoms with E-state index in [1.165, 1.54) is 103 Å². The van der Waals surface area contributed by atoms with Crippen molar-refractivity contribution in [3.8, 4) is 45.3 Å².